The Bertz CT molecular complexity index is 944. The minimum absolute atomic E-state index is 0.810. The summed E-state index contributed by atoms with van der Waals surface area (Å²) in [6, 6.07) is 14.3. The van der Waals surface area contributed by atoms with Crippen LogP contribution in [0.15, 0.2) is 48.8 Å². The van der Waals surface area contributed by atoms with Gasteiger partial charge in [-0.2, -0.15) is 0 Å². The highest BCUT2D eigenvalue weighted by Crippen LogP contribution is 2.25. The SMILES string of the molecule is c1nc(Nc2ccc(-c3ccc(N4CCCC4)nn3)cc2)cc(N2CCCC2)n1. The molecule has 0 aliphatic carbocycles. The van der Waals surface area contributed by atoms with Gasteiger partial charge in [-0.1, -0.05) is 12.1 Å². The molecule has 0 unspecified atom stereocenters. The molecule has 2 aliphatic rings. The Hall–Kier alpha value is -3.22. The highest BCUT2D eigenvalue weighted by Gasteiger charge is 2.15. The van der Waals surface area contributed by atoms with E-state index in [1.54, 1.807) is 6.33 Å². The Morgan fingerprint density at radius 1 is 0.690 bits per heavy atom. The van der Waals surface area contributed by atoms with Gasteiger partial charge in [0.25, 0.3) is 0 Å². The van der Waals surface area contributed by atoms with E-state index in [-0.39, 0.29) is 0 Å². The lowest BCUT2D eigenvalue weighted by atomic mass is 10.1. The Morgan fingerprint density at radius 2 is 1.38 bits per heavy atom. The van der Waals surface area contributed by atoms with Gasteiger partial charge in [-0.3, -0.25) is 0 Å². The van der Waals surface area contributed by atoms with Gasteiger partial charge in [-0.05, 0) is 49.9 Å². The van der Waals surface area contributed by atoms with Crippen LogP contribution in [0, 0.1) is 0 Å². The van der Waals surface area contributed by atoms with E-state index in [1.165, 1.54) is 25.7 Å². The van der Waals surface area contributed by atoms with Gasteiger partial charge < -0.3 is 15.1 Å². The van der Waals surface area contributed by atoms with Gasteiger partial charge in [0.1, 0.15) is 18.0 Å². The lowest BCUT2D eigenvalue weighted by molar-refractivity contribution is 0.896. The van der Waals surface area contributed by atoms with Gasteiger partial charge in [0.05, 0.1) is 5.69 Å². The lowest BCUT2D eigenvalue weighted by Crippen LogP contribution is -2.19. The van der Waals surface area contributed by atoms with E-state index in [0.717, 1.165) is 60.6 Å². The van der Waals surface area contributed by atoms with Crippen molar-refractivity contribution in [2.24, 2.45) is 0 Å². The van der Waals surface area contributed by atoms with Crippen LogP contribution in [-0.2, 0) is 0 Å². The summed E-state index contributed by atoms with van der Waals surface area (Å²) < 4.78 is 0. The number of hydrogen-bond acceptors (Lipinski definition) is 7. The second-order valence-corrected chi connectivity index (χ2v) is 7.63. The maximum Gasteiger partial charge on any atom is 0.151 e. The van der Waals surface area contributed by atoms with Crippen LogP contribution in [-0.4, -0.2) is 46.3 Å². The number of rotatable bonds is 5. The number of hydrogen-bond donors (Lipinski definition) is 1. The third-order valence-electron chi connectivity index (χ3n) is 5.62. The van der Waals surface area contributed by atoms with Crippen molar-refractivity contribution in [1.29, 1.82) is 0 Å². The molecule has 0 atom stereocenters. The average Bonchev–Trinajstić information content (AvgIpc) is 3.49. The summed E-state index contributed by atoms with van der Waals surface area (Å²) in [5.41, 5.74) is 2.93. The molecule has 0 saturated carbocycles. The summed E-state index contributed by atoms with van der Waals surface area (Å²) in [5, 5.41) is 12.2. The highest BCUT2D eigenvalue weighted by molar-refractivity contribution is 5.66. The number of benzene rings is 1. The molecule has 29 heavy (non-hydrogen) atoms. The molecule has 2 fully saturated rings. The molecule has 4 heterocycles. The normalized spacial score (nSPS) is 16.4. The summed E-state index contributed by atoms with van der Waals surface area (Å²) in [5.74, 6) is 2.77. The molecule has 1 N–H and O–H groups in total. The number of anilines is 4. The molecule has 148 valence electrons. The number of aromatic nitrogens is 4. The highest BCUT2D eigenvalue weighted by atomic mass is 15.3. The van der Waals surface area contributed by atoms with Crippen LogP contribution in [0.25, 0.3) is 11.3 Å². The topological polar surface area (TPSA) is 70.1 Å². The zero-order valence-corrected chi connectivity index (χ0v) is 16.5. The van der Waals surface area contributed by atoms with Crippen LogP contribution in [0.1, 0.15) is 25.7 Å². The molecule has 5 rings (SSSR count). The van der Waals surface area contributed by atoms with Crippen molar-refractivity contribution in [2.45, 2.75) is 25.7 Å². The predicted molar refractivity (Wildman–Crippen MR) is 116 cm³/mol. The summed E-state index contributed by atoms with van der Waals surface area (Å²) in [6.45, 7) is 4.30. The fourth-order valence-electron chi connectivity index (χ4n) is 4.00. The predicted octanol–water partition coefficient (Wildman–Crippen LogP) is 3.88. The van der Waals surface area contributed by atoms with Crippen LogP contribution >= 0.6 is 0 Å². The average molecular weight is 387 g/mol. The molecular formula is C22H25N7. The first-order valence-electron chi connectivity index (χ1n) is 10.4. The third kappa shape index (κ3) is 3.99. The Morgan fingerprint density at radius 3 is 2.03 bits per heavy atom. The Kier molecular flexibility index (Phi) is 4.94. The molecule has 0 bridgehead atoms. The van der Waals surface area contributed by atoms with Crippen LogP contribution in [0.2, 0.25) is 0 Å². The zero-order chi connectivity index (χ0) is 19.5. The Balaban J connectivity index is 1.27. The van der Waals surface area contributed by atoms with Crippen molar-refractivity contribution >= 4 is 23.1 Å². The molecule has 7 heteroatoms. The van der Waals surface area contributed by atoms with E-state index in [4.69, 9.17) is 0 Å². The molecule has 2 aromatic heterocycles. The summed E-state index contributed by atoms with van der Waals surface area (Å²) in [7, 11) is 0. The molecule has 3 aromatic rings. The minimum atomic E-state index is 0.810. The van der Waals surface area contributed by atoms with E-state index >= 15 is 0 Å². The summed E-state index contributed by atoms with van der Waals surface area (Å²) in [4.78, 5) is 13.4. The monoisotopic (exact) mass is 387 g/mol. The standard InChI is InChI=1S/C22H25N7/c1-2-12-28(11-1)21-10-9-19(26-27-21)17-5-7-18(8-6-17)25-20-15-22(24-16-23-20)29-13-3-4-14-29/h5-10,15-16H,1-4,11-14H2,(H,23,24,25). The van der Waals surface area contributed by atoms with Crippen molar-refractivity contribution in [3.63, 3.8) is 0 Å². The third-order valence-corrected chi connectivity index (χ3v) is 5.62. The molecule has 7 nitrogen and oxygen atoms in total. The van der Waals surface area contributed by atoms with E-state index in [1.807, 2.05) is 18.2 Å². The van der Waals surface area contributed by atoms with Gasteiger partial charge in [0.2, 0.25) is 0 Å². The molecule has 2 aliphatic heterocycles. The smallest absolute Gasteiger partial charge is 0.151 e. The second kappa shape index (κ2) is 8.03. The first kappa shape index (κ1) is 17.8. The molecule has 1 aromatic carbocycles. The Labute approximate surface area is 170 Å². The fourth-order valence-corrected chi connectivity index (χ4v) is 4.00. The maximum atomic E-state index is 4.42. The second-order valence-electron chi connectivity index (χ2n) is 7.63. The van der Waals surface area contributed by atoms with Crippen LogP contribution in [0.5, 0.6) is 0 Å². The molecule has 2 saturated heterocycles. The molecule has 0 spiro atoms. The summed E-state index contributed by atoms with van der Waals surface area (Å²) >= 11 is 0. The van der Waals surface area contributed by atoms with Gasteiger partial charge in [-0.25, -0.2) is 9.97 Å². The molecule has 0 amide bonds. The van der Waals surface area contributed by atoms with Crippen molar-refractivity contribution in [2.75, 3.05) is 41.3 Å². The van der Waals surface area contributed by atoms with Crippen LogP contribution in [0.3, 0.4) is 0 Å². The first-order chi connectivity index (χ1) is 14.3. The van der Waals surface area contributed by atoms with Crippen LogP contribution in [0.4, 0.5) is 23.1 Å². The van der Waals surface area contributed by atoms with Crippen molar-refractivity contribution in [1.82, 2.24) is 20.2 Å². The van der Waals surface area contributed by atoms with E-state index in [2.05, 4.69) is 59.5 Å². The van der Waals surface area contributed by atoms with Gasteiger partial charge >= 0.3 is 0 Å². The van der Waals surface area contributed by atoms with Crippen molar-refractivity contribution in [3.8, 4) is 11.3 Å². The van der Waals surface area contributed by atoms with Gasteiger partial charge in [0.15, 0.2) is 5.82 Å². The first-order valence-corrected chi connectivity index (χ1v) is 10.4. The van der Waals surface area contributed by atoms with Crippen molar-refractivity contribution in [3.05, 3.63) is 48.8 Å². The molecular weight excluding hydrogens is 362 g/mol. The maximum absolute atomic E-state index is 4.42. The van der Waals surface area contributed by atoms with E-state index in [9.17, 15) is 0 Å². The number of nitrogens with one attached hydrogen (secondary N) is 1. The fraction of sp³-hybridized carbons (Fsp3) is 0.364. The van der Waals surface area contributed by atoms with Crippen molar-refractivity contribution < 1.29 is 0 Å². The summed E-state index contributed by atoms with van der Waals surface area (Å²) in [6.07, 6.45) is 6.57. The van der Waals surface area contributed by atoms with E-state index < -0.39 is 0 Å². The van der Waals surface area contributed by atoms with Gasteiger partial charge in [-0.15, -0.1) is 10.2 Å². The largest absolute Gasteiger partial charge is 0.356 e. The van der Waals surface area contributed by atoms with Crippen LogP contribution < -0.4 is 15.1 Å². The minimum Gasteiger partial charge on any atom is -0.356 e. The lowest BCUT2D eigenvalue weighted by Gasteiger charge is -2.16. The number of nitrogens with zero attached hydrogens (tertiary/aromatic N) is 6. The van der Waals surface area contributed by atoms with E-state index in [0.29, 0.717) is 0 Å². The van der Waals surface area contributed by atoms with Gasteiger partial charge in [0, 0.05) is 43.5 Å². The quantitative estimate of drug-likeness (QED) is 0.712. The zero-order valence-electron chi connectivity index (χ0n) is 16.5. The molecule has 0 radical (unpaired) electrons.